The quantitative estimate of drug-likeness (QED) is 0.706. The van der Waals surface area contributed by atoms with Crippen LogP contribution in [0.1, 0.15) is 36.6 Å². The van der Waals surface area contributed by atoms with E-state index in [4.69, 9.17) is 12.2 Å². The highest BCUT2D eigenvalue weighted by Gasteiger charge is 2.18. The van der Waals surface area contributed by atoms with Gasteiger partial charge in [0.25, 0.3) is 0 Å². The van der Waals surface area contributed by atoms with Gasteiger partial charge in [-0.25, -0.2) is 0 Å². The summed E-state index contributed by atoms with van der Waals surface area (Å²) >= 11 is 5.53. The maximum absolute atomic E-state index is 5.53. The van der Waals surface area contributed by atoms with Gasteiger partial charge in [0, 0.05) is 12.2 Å². The molecule has 0 aliphatic carbocycles. The monoisotopic (exact) mass is 355 g/mol. The summed E-state index contributed by atoms with van der Waals surface area (Å²) in [5.74, 6) is 0. The van der Waals surface area contributed by atoms with Crippen LogP contribution in [0.25, 0.3) is 0 Å². The Morgan fingerprint density at radius 3 is 2.36 bits per heavy atom. The van der Waals surface area contributed by atoms with Crippen LogP contribution in [0.15, 0.2) is 48.5 Å². The van der Waals surface area contributed by atoms with Gasteiger partial charge in [-0.15, -0.1) is 0 Å². The van der Waals surface area contributed by atoms with Crippen molar-refractivity contribution in [2.24, 2.45) is 0 Å². The van der Waals surface area contributed by atoms with Crippen LogP contribution in [0, 0.1) is 13.8 Å². The second-order valence-electron chi connectivity index (χ2n) is 6.30. The predicted molar refractivity (Wildman–Crippen MR) is 112 cm³/mol. The Kier molecular flexibility index (Phi) is 7.41. The third-order valence-corrected chi connectivity index (χ3v) is 4.78. The standard InChI is InChI=1S/C21H29N3S/c1-5-24(6-2)20(18-10-8-7-9-11-18)15-22-21(25)23-19-14-16(3)12-13-17(19)4/h7-14,20H,5-6,15H2,1-4H3,(H2,22,23,25)/t20-/m0/s1. The topological polar surface area (TPSA) is 27.3 Å². The first-order valence-corrected chi connectivity index (χ1v) is 9.37. The molecule has 0 unspecified atom stereocenters. The molecule has 0 heterocycles. The fourth-order valence-electron chi connectivity index (χ4n) is 3.02. The molecule has 0 aliphatic rings. The van der Waals surface area contributed by atoms with Crippen molar-refractivity contribution in [1.29, 1.82) is 0 Å². The van der Waals surface area contributed by atoms with Crippen molar-refractivity contribution in [3.05, 3.63) is 65.2 Å². The van der Waals surface area contributed by atoms with Gasteiger partial charge in [-0.1, -0.05) is 56.3 Å². The van der Waals surface area contributed by atoms with E-state index < -0.39 is 0 Å². The van der Waals surface area contributed by atoms with Crippen LogP contribution in [0.4, 0.5) is 5.69 Å². The molecule has 134 valence electrons. The van der Waals surface area contributed by atoms with Gasteiger partial charge in [0.2, 0.25) is 0 Å². The first-order valence-electron chi connectivity index (χ1n) is 8.96. The van der Waals surface area contributed by atoms with Crippen molar-refractivity contribution in [1.82, 2.24) is 10.2 Å². The van der Waals surface area contributed by atoms with Gasteiger partial charge in [-0.05, 0) is 61.9 Å². The molecule has 0 saturated heterocycles. The number of thiocarbonyl (C=S) groups is 1. The molecule has 0 radical (unpaired) electrons. The molecule has 0 spiro atoms. The molecule has 0 aromatic heterocycles. The normalized spacial score (nSPS) is 12.0. The highest BCUT2D eigenvalue weighted by Crippen LogP contribution is 2.20. The van der Waals surface area contributed by atoms with Crippen molar-refractivity contribution in [3.8, 4) is 0 Å². The molecule has 4 heteroatoms. The molecule has 3 nitrogen and oxygen atoms in total. The highest BCUT2D eigenvalue weighted by molar-refractivity contribution is 7.80. The Labute approximate surface area is 157 Å². The fraction of sp³-hybridized carbons (Fsp3) is 0.381. The third kappa shape index (κ3) is 5.55. The van der Waals surface area contributed by atoms with Gasteiger partial charge >= 0.3 is 0 Å². The summed E-state index contributed by atoms with van der Waals surface area (Å²) in [5.41, 5.74) is 4.80. The van der Waals surface area contributed by atoms with Gasteiger partial charge in [-0.3, -0.25) is 4.90 Å². The first kappa shape index (κ1) is 19.4. The van der Waals surface area contributed by atoms with Gasteiger partial charge in [0.1, 0.15) is 0 Å². The van der Waals surface area contributed by atoms with E-state index in [0.717, 1.165) is 25.3 Å². The first-order chi connectivity index (χ1) is 12.0. The lowest BCUT2D eigenvalue weighted by Crippen LogP contribution is -2.39. The van der Waals surface area contributed by atoms with Crippen LogP contribution in [-0.2, 0) is 0 Å². The van der Waals surface area contributed by atoms with Crippen LogP contribution >= 0.6 is 12.2 Å². The van der Waals surface area contributed by atoms with Gasteiger partial charge < -0.3 is 10.6 Å². The number of hydrogen-bond acceptors (Lipinski definition) is 2. The Bertz CT molecular complexity index is 681. The average Bonchev–Trinajstić information content (AvgIpc) is 2.62. The van der Waals surface area contributed by atoms with E-state index in [1.807, 2.05) is 0 Å². The van der Waals surface area contributed by atoms with Crippen LogP contribution in [0.3, 0.4) is 0 Å². The number of nitrogens with zero attached hydrogens (tertiary/aromatic N) is 1. The summed E-state index contributed by atoms with van der Waals surface area (Å²) in [4.78, 5) is 2.45. The fourth-order valence-corrected chi connectivity index (χ4v) is 3.22. The van der Waals surface area contributed by atoms with E-state index in [1.54, 1.807) is 0 Å². The number of benzene rings is 2. The molecule has 2 aromatic rings. The van der Waals surface area contributed by atoms with E-state index in [1.165, 1.54) is 16.7 Å². The van der Waals surface area contributed by atoms with Crippen molar-refractivity contribution < 1.29 is 0 Å². The number of rotatable bonds is 7. The molecule has 1 atom stereocenters. The van der Waals surface area contributed by atoms with E-state index in [9.17, 15) is 0 Å². The van der Waals surface area contributed by atoms with Crippen molar-refractivity contribution in [2.45, 2.75) is 33.7 Å². The zero-order valence-corrected chi connectivity index (χ0v) is 16.5. The summed E-state index contributed by atoms with van der Waals surface area (Å²) in [7, 11) is 0. The summed E-state index contributed by atoms with van der Waals surface area (Å²) in [6.07, 6.45) is 0. The Morgan fingerprint density at radius 1 is 1.04 bits per heavy atom. The number of nitrogens with one attached hydrogen (secondary N) is 2. The minimum absolute atomic E-state index is 0.301. The molecule has 0 amide bonds. The second kappa shape index (κ2) is 9.54. The molecule has 2 aromatic carbocycles. The smallest absolute Gasteiger partial charge is 0.170 e. The summed E-state index contributed by atoms with van der Waals surface area (Å²) in [5, 5.41) is 7.41. The summed E-state index contributed by atoms with van der Waals surface area (Å²) < 4.78 is 0. The highest BCUT2D eigenvalue weighted by atomic mass is 32.1. The number of aryl methyl sites for hydroxylation is 2. The Hall–Kier alpha value is -1.91. The second-order valence-corrected chi connectivity index (χ2v) is 6.71. The molecular formula is C21H29N3S. The molecule has 2 N–H and O–H groups in total. The van der Waals surface area contributed by atoms with Gasteiger partial charge in [0.05, 0.1) is 6.04 Å². The Balaban J connectivity index is 2.04. The van der Waals surface area contributed by atoms with E-state index in [2.05, 4.69) is 91.8 Å². The minimum Gasteiger partial charge on any atom is -0.361 e. The van der Waals surface area contributed by atoms with Crippen LogP contribution in [0.2, 0.25) is 0 Å². The van der Waals surface area contributed by atoms with E-state index in [0.29, 0.717) is 11.2 Å². The van der Waals surface area contributed by atoms with Gasteiger partial charge in [0.15, 0.2) is 5.11 Å². The lowest BCUT2D eigenvalue weighted by atomic mass is 10.1. The van der Waals surface area contributed by atoms with E-state index >= 15 is 0 Å². The number of anilines is 1. The average molecular weight is 356 g/mol. The van der Waals surface area contributed by atoms with Crippen LogP contribution in [0.5, 0.6) is 0 Å². The zero-order valence-electron chi connectivity index (χ0n) is 15.7. The van der Waals surface area contributed by atoms with Gasteiger partial charge in [-0.2, -0.15) is 0 Å². The maximum Gasteiger partial charge on any atom is 0.170 e. The minimum atomic E-state index is 0.301. The molecule has 25 heavy (non-hydrogen) atoms. The molecule has 0 saturated carbocycles. The molecular weight excluding hydrogens is 326 g/mol. The Morgan fingerprint density at radius 2 is 1.72 bits per heavy atom. The maximum atomic E-state index is 5.53. The lowest BCUT2D eigenvalue weighted by Gasteiger charge is -2.30. The number of hydrogen-bond donors (Lipinski definition) is 2. The SMILES string of the molecule is CCN(CC)[C@@H](CNC(=S)Nc1cc(C)ccc1C)c1ccccc1. The molecule has 2 rings (SSSR count). The lowest BCUT2D eigenvalue weighted by molar-refractivity contribution is 0.219. The van der Waals surface area contributed by atoms with Crippen LogP contribution < -0.4 is 10.6 Å². The summed E-state index contributed by atoms with van der Waals surface area (Å²) in [6, 6.07) is 17.3. The number of likely N-dealkylation sites (N-methyl/N-ethyl adjacent to an activating group) is 1. The van der Waals surface area contributed by atoms with Crippen molar-refractivity contribution >= 4 is 23.0 Å². The predicted octanol–water partition coefficient (Wildman–Crippen LogP) is 4.67. The molecule has 0 fully saturated rings. The summed E-state index contributed by atoms with van der Waals surface area (Å²) in [6.45, 7) is 11.4. The third-order valence-electron chi connectivity index (χ3n) is 4.53. The van der Waals surface area contributed by atoms with Crippen molar-refractivity contribution in [2.75, 3.05) is 25.0 Å². The zero-order chi connectivity index (χ0) is 18.2. The molecule has 0 aliphatic heterocycles. The largest absolute Gasteiger partial charge is 0.361 e. The van der Waals surface area contributed by atoms with E-state index in [-0.39, 0.29) is 0 Å². The van der Waals surface area contributed by atoms with Crippen molar-refractivity contribution in [3.63, 3.8) is 0 Å². The van der Waals surface area contributed by atoms with Crippen LogP contribution in [-0.4, -0.2) is 29.6 Å². The molecule has 0 bridgehead atoms.